The Morgan fingerprint density at radius 2 is 1.79 bits per heavy atom. The average molecular weight is 360 g/mol. The summed E-state index contributed by atoms with van der Waals surface area (Å²) in [6, 6.07) is 11.8. The van der Waals surface area contributed by atoms with Crippen molar-refractivity contribution in [1.29, 1.82) is 0 Å². The number of anilines is 1. The summed E-state index contributed by atoms with van der Waals surface area (Å²) < 4.78 is 27.3. The zero-order valence-corrected chi connectivity index (χ0v) is 14.8. The van der Waals surface area contributed by atoms with Crippen LogP contribution in [-0.4, -0.2) is 18.5 Å². The van der Waals surface area contributed by atoms with Gasteiger partial charge in [-0.1, -0.05) is 17.7 Å². The molecule has 0 unspecified atom stereocenters. The number of sulfonamides is 1. The van der Waals surface area contributed by atoms with Crippen molar-refractivity contribution in [3.05, 3.63) is 59.0 Å². The van der Waals surface area contributed by atoms with E-state index in [-0.39, 0.29) is 10.6 Å². The molecule has 1 aromatic heterocycles. The third kappa shape index (κ3) is 3.42. The van der Waals surface area contributed by atoms with Crippen molar-refractivity contribution in [1.82, 2.24) is 4.98 Å². The summed E-state index contributed by atoms with van der Waals surface area (Å²) in [5.41, 5.74) is 3.21. The number of hydrogen-bond acceptors (Lipinski definition) is 5. The van der Waals surface area contributed by atoms with E-state index in [0.29, 0.717) is 10.8 Å². The molecule has 0 spiro atoms. The van der Waals surface area contributed by atoms with Gasteiger partial charge in [-0.15, -0.1) is 11.3 Å². The number of aromatic hydroxyl groups is 1. The molecule has 0 amide bonds. The molecule has 5 nitrogen and oxygen atoms in total. The van der Waals surface area contributed by atoms with Crippen LogP contribution < -0.4 is 4.72 Å². The van der Waals surface area contributed by atoms with E-state index < -0.39 is 10.0 Å². The zero-order chi connectivity index (χ0) is 17.3. The molecule has 1 heterocycles. The molecular formula is C17H16N2O3S2. The first kappa shape index (κ1) is 16.5. The van der Waals surface area contributed by atoms with Gasteiger partial charge in [-0.05, 0) is 49.7 Å². The Kier molecular flexibility index (Phi) is 4.29. The molecule has 0 atom stereocenters. The first-order valence-electron chi connectivity index (χ1n) is 7.20. The van der Waals surface area contributed by atoms with Crippen LogP contribution in [0.1, 0.15) is 11.1 Å². The van der Waals surface area contributed by atoms with Crippen LogP contribution in [0.15, 0.2) is 52.7 Å². The molecule has 24 heavy (non-hydrogen) atoms. The Hall–Kier alpha value is -2.38. The summed E-state index contributed by atoms with van der Waals surface area (Å²) in [5.74, 6) is 0.217. The van der Waals surface area contributed by atoms with Crippen LogP contribution in [0.3, 0.4) is 0 Å². The minimum atomic E-state index is -3.66. The fourth-order valence-electron chi connectivity index (χ4n) is 2.16. The van der Waals surface area contributed by atoms with Crippen LogP contribution in [0, 0.1) is 13.8 Å². The predicted octanol–water partition coefficient (Wildman–Crippen LogP) is 3.93. The Morgan fingerprint density at radius 1 is 1.08 bits per heavy atom. The van der Waals surface area contributed by atoms with Crippen molar-refractivity contribution in [2.45, 2.75) is 18.7 Å². The van der Waals surface area contributed by atoms with Gasteiger partial charge in [0.05, 0.1) is 10.6 Å². The van der Waals surface area contributed by atoms with Crippen molar-refractivity contribution in [3.63, 3.8) is 0 Å². The molecule has 0 bridgehead atoms. The van der Waals surface area contributed by atoms with Crippen LogP contribution in [0.5, 0.6) is 5.75 Å². The van der Waals surface area contributed by atoms with E-state index in [1.54, 1.807) is 48.7 Å². The highest BCUT2D eigenvalue weighted by molar-refractivity contribution is 7.93. The molecule has 0 fully saturated rings. The van der Waals surface area contributed by atoms with Crippen molar-refractivity contribution in [2.75, 3.05) is 4.72 Å². The largest absolute Gasteiger partial charge is 0.508 e. The number of nitrogens with zero attached hydrogens (tertiary/aromatic N) is 1. The van der Waals surface area contributed by atoms with Gasteiger partial charge in [-0.2, -0.15) is 0 Å². The van der Waals surface area contributed by atoms with E-state index in [9.17, 15) is 13.5 Å². The van der Waals surface area contributed by atoms with Gasteiger partial charge < -0.3 is 5.11 Å². The molecule has 0 aliphatic rings. The minimum Gasteiger partial charge on any atom is -0.508 e. The highest BCUT2D eigenvalue weighted by atomic mass is 32.2. The SMILES string of the molecule is Cc1ccc(S(=O)(=O)Nc2nc(-c3ccc(O)c(C)c3)cs2)cc1. The van der Waals surface area contributed by atoms with Crippen molar-refractivity contribution < 1.29 is 13.5 Å². The Morgan fingerprint density at radius 3 is 2.46 bits per heavy atom. The van der Waals surface area contributed by atoms with Crippen LogP contribution in [0.25, 0.3) is 11.3 Å². The first-order chi connectivity index (χ1) is 11.3. The third-order valence-corrected chi connectivity index (χ3v) is 5.79. The number of phenols is 1. The number of thiazole rings is 1. The predicted molar refractivity (Wildman–Crippen MR) is 95.9 cm³/mol. The highest BCUT2D eigenvalue weighted by Crippen LogP contribution is 2.29. The molecule has 0 radical (unpaired) electrons. The van der Waals surface area contributed by atoms with Gasteiger partial charge in [0.25, 0.3) is 10.0 Å². The maximum absolute atomic E-state index is 12.4. The molecule has 0 aliphatic heterocycles. The fourth-order valence-corrected chi connectivity index (χ4v) is 4.13. The first-order valence-corrected chi connectivity index (χ1v) is 9.56. The number of rotatable bonds is 4. The van der Waals surface area contributed by atoms with Crippen molar-refractivity contribution in [3.8, 4) is 17.0 Å². The average Bonchev–Trinajstić information content (AvgIpc) is 2.98. The molecule has 7 heteroatoms. The molecule has 2 aromatic carbocycles. The molecule has 124 valence electrons. The van der Waals surface area contributed by atoms with E-state index >= 15 is 0 Å². The molecule has 0 aliphatic carbocycles. The second-order valence-electron chi connectivity index (χ2n) is 5.46. The minimum absolute atomic E-state index is 0.199. The number of benzene rings is 2. The zero-order valence-electron chi connectivity index (χ0n) is 13.1. The summed E-state index contributed by atoms with van der Waals surface area (Å²) in [5, 5.41) is 11.7. The fraction of sp³-hybridized carbons (Fsp3) is 0.118. The van der Waals surface area contributed by atoms with Gasteiger partial charge in [0.1, 0.15) is 5.75 Å². The normalized spacial score (nSPS) is 11.4. The lowest BCUT2D eigenvalue weighted by molar-refractivity contribution is 0.471. The standard InChI is InChI=1S/C17H16N2O3S2/c1-11-3-6-14(7-4-11)24(21,22)19-17-18-15(10-23-17)13-5-8-16(20)12(2)9-13/h3-10,20H,1-2H3,(H,18,19). The lowest BCUT2D eigenvalue weighted by Crippen LogP contribution is -2.12. The van der Waals surface area contributed by atoms with Crippen LogP contribution in [0.2, 0.25) is 0 Å². The van der Waals surface area contributed by atoms with Crippen molar-refractivity contribution in [2.24, 2.45) is 0 Å². The summed E-state index contributed by atoms with van der Waals surface area (Å²) in [4.78, 5) is 4.53. The third-order valence-electron chi connectivity index (χ3n) is 3.55. The summed E-state index contributed by atoms with van der Waals surface area (Å²) in [6.45, 7) is 3.70. The lowest BCUT2D eigenvalue weighted by Gasteiger charge is -2.05. The second kappa shape index (κ2) is 6.26. The van der Waals surface area contributed by atoms with E-state index in [1.807, 2.05) is 13.0 Å². The number of aryl methyl sites for hydroxylation is 2. The summed E-state index contributed by atoms with van der Waals surface area (Å²) >= 11 is 1.22. The van der Waals surface area contributed by atoms with Gasteiger partial charge in [0.15, 0.2) is 5.13 Å². The number of nitrogens with one attached hydrogen (secondary N) is 1. The van der Waals surface area contributed by atoms with E-state index in [4.69, 9.17) is 0 Å². The highest BCUT2D eigenvalue weighted by Gasteiger charge is 2.16. The molecule has 3 rings (SSSR count). The summed E-state index contributed by atoms with van der Waals surface area (Å²) in [6.07, 6.45) is 0. The van der Waals surface area contributed by atoms with Gasteiger partial charge >= 0.3 is 0 Å². The second-order valence-corrected chi connectivity index (χ2v) is 8.00. The van der Waals surface area contributed by atoms with Crippen molar-refractivity contribution >= 4 is 26.5 Å². The maximum Gasteiger partial charge on any atom is 0.263 e. The monoisotopic (exact) mass is 360 g/mol. The number of phenolic OH excluding ortho intramolecular Hbond substituents is 1. The number of aromatic nitrogens is 1. The molecule has 0 saturated carbocycles. The smallest absolute Gasteiger partial charge is 0.263 e. The Labute approximate surface area is 144 Å². The van der Waals surface area contributed by atoms with E-state index in [1.165, 1.54) is 11.3 Å². The lowest BCUT2D eigenvalue weighted by atomic mass is 10.1. The van der Waals surface area contributed by atoms with Crippen LogP contribution in [-0.2, 0) is 10.0 Å². The Balaban J connectivity index is 1.85. The topological polar surface area (TPSA) is 79.3 Å². The van der Waals surface area contributed by atoms with Crippen LogP contribution >= 0.6 is 11.3 Å². The number of hydrogen-bond donors (Lipinski definition) is 2. The van der Waals surface area contributed by atoms with Gasteiger partial charge in [0, 0.05) is 10.9 Å². The van der Waals surface area contributed by atoms with Crippen LogP contribution in [0.4, 0.5) is 5.13 Å². The maximum atomic E-state index is 12.4. The van der Waals surface area contributed by atoms with E-state index in [0.717, 1.165) is 16.7 Å². The van der Waals surface area contributed by atoms with E-state index in [2.05, 4.69) is 9.71 Å². The molecule has 2 N–H and O–H groups in total. The van der Waals surface area contributed by atoms with Gasteiger partial charge in [0.2, 0.25) is 0 Å². The summed E-state index contributed by atoms with van der Waals surface area (Å²) in [7, 11) is -3.66. The molecule has 0 saturated heterocycles. The molecular weight excluding hydrogens is 344 g/mol. The van der Waals surface area contributed by atoms with Gasteiger partial charge in [-0.25, -0.2) is 13.4 Å². The molecule has 3 aromatic rings. The Bertz CT molecular complexity index is 977. The quantitative estimate of drug-likeness (QED) is 0.739. The van der Waals surface area contributed by atoms with Gasteiger partial charge in [-0.3, -0.25) is 4.72 Å².